The molecule has 10 nitrogen and oxygen atoms in total. The van der Waals surface area contributed by atoms with Gasteiger partial charge in [-0.05, 0) is 36.4 Å². The number of primary amides is 1. The highest BCUT2D eigenvalue weighted by molar-refractivity contribution is 6.03. The van der Waals surface area contributed by atoms with Crippen LogP contribution >= 0.6 is 0 Å². The molecule has 0 fully saturated rings. The third-order valence-corrected chi connectivity index (χ3v) is 5.24. The van der Waals surface area contributed by atoms with Crippen molar-refractivity contribution in [2.45, 2.75) is 26.2 Å². The normalized spacial score (nSPS) is 11.2. The van der Waals surface area contributed by atoms with E-state index in [9.17, 15) is 9.59 Å². The summed E-state index contributed by atoms with van der Waals surface area (Å²) in [6, 6.07) is 13.5. The topological polar surface area (TPSA) is 144 Å². The van der Waals surface area contributed by atoms with Gasteiger partial charge in [0.25, 0.3) is 5.91 Å². The predicted molar refractivity (Wildman–Crippen MR) is 134 cm³/mol. The summed E-state index contributed by atoms with van der Waals surface area (Å²) in [6.45, 7) is 5.99. The van der Waals surface area contributed by atoms with Crippen LogP contribution in [0.5, 0.6) is 5.75 Å². The lowest BCUT2D eigenvalue weighted by atomic mass is 9.93. The third-order valence-electron chi connectivity index (χ3n) is 5.24. The number of nitrogens with zero attached hydrogens (tertiary/aromatic N) is 2. The Morgan fingerprint density at radius 2 is 1.71 bits per heavy atom. The number of rotatable bonds is 6. The van der Waals surface area contributed by atoms with Gasteiger partial charge in [0.2, 0.25) is 0 Å². The number of benzene rings is 2. The van der Waals surface area contributed by atoms with Crippen LogP contribution in [0.4, 0.5) is 27.7 Å². The minimum absolute atomic E-state index is 0.208. The number of urea groups is 1. The summed E-state index contributed by atoms with van der Waals surface area (Å²) in [6.07, 6.45) is 1.66. The van der Waals surface area contributed by atoms with Gasteiger partial charge >= 0.3 is 6.03 Å². The Morgan fingerprint density at radius 1 is 1.00 bits per heavy atom. The molecule has 4 aromatic rings. The number of methoxy groups -OCH3 is 1. The van der Waals surface area contributed by atoms with Crippen LogP contribution in [0, 0.1) is 0 Å². The molecule has 0 bridgehead atoms. The lowest BCUT2D eigenvalue weighted by Crippen LogP contribution is -2.19. The third kappa shape index (κ3) is 5.32. The molecule has 0 aliphatic heterocycles. The molecule has 0 atom stereocenters. The van der Waals surface area contributed by atoms with Crippen molar-refractivity contribution in [3.63, 3.8) is 0 Å². The lowest BCUT2D eigenvalue weighted by molar-refractivity contribution is 0.0997. The number of hydrogen-bond donors (Lipinski definition) is 4. The zero-order chi connectivity index (χ0) is 25.2. The molecular formula is C25H26N6O4. The number of carbonyl (C=O) groups excluding carboxylic acids is 2. The van der Waals surface area contributed by atoms with E-state index in [1.54, 1.807) is 42.6 Å². The van der Waals surface area contributed by atoms with Crippen molar-refractivity contribution in [2.75, 3.05) is 23.1 Å². The van der Waals surface area contributed by atoms with E-state index in [-0.39, 0.29) is 11.0 Å². The number of nitrogens with one attached hydrogen (secondary N) is 3. The molecule has 35 heavy (non-hydrogen) atoms. The van der Waals surface area contributed by atoms with Gasteiger partial charge in [-0.2, -0.15) is 0 Å². The van der Waals surface area contributed by atoms with Gasteiger partial charge in [0.15, 0.2) is 5.82 Å². The van der Waals surface area contributed by atoms with Crippen LogP contribution in [0.3, 0.4) is 0 Å². The SMILES string of the molecule is COc1cc2nccc(Nc3ccc(NC(=O)Nc4cc(C(C)(C)C)on4)cc3)c2cc1C(N)=O. The maximum atomic E-state index is 12.3. The molecule has 0 saturated heterocycles. The predicted octanol–water partition coefficient (Wildman–Crippen LogP) is 5.02. The highest BCUT2D eigenvalue weighted by Crippen LogP contribution is 2.31. The first kappa shape index (κ1) is 23.6. The molecule has 0 aliphatic carbocycles. The Morgan fingerprint density at radius 3 is 2.34 bits per heavy atom. The van der Waals surface area contributed by atoms with Crippen LogP contribution in [0.1, 0.15) is 36.9 Å². The number of pyridine rings is 1. The average molecular weight is 475 g/mol. The van der Waals surface area contributed by atoms with E-state index in [1.165, 1.54) is 7.11 Å². The highest BCUT2D eigenvalue weighted by Gasteiger charge is 2.20. The smallest absolute Gasteiger partial charge is 0.324 e. The fraction of sp³-hybridized carbons (Fsp3) is 0.200. The quantitative estimate of drug-likeness (QED) is 0.307. The Hall–Kier alpha value is -4.60. The van der Waals surface area contributed by atoms with E-state index in [0.29, 0.717) is 33.9 Å². The van der Waals surface area contributed by atoms with Crippen LogP contribution < -0.4 is 26.4 Å². The molecular weight excluding hydrogens is 448 g/mol. The molecule has 180 valence electrons. The summed E-state index contributed by atoms with van der Waals surface area (Å²) < 4.78 is 10.5. The molecule has 0 spiro atoms. The van der Waals surface area contributed by atoms with Gasteiger partial charge in [-0.1, -0.05) is 25.9 Å². The molecule has 10 heteroatoms. The Kier molecular flexibility index (Phi) is 6.28. The van der Waals surface area contributed by atoms with Gasteiger partial charge in [0, 0.05) is 46.2 Å². The number of nitrogens with two attached hydrogens (primary N) is 1. The Labute approximate surface area is 201 Å². The molecule has 2 heterocycles. The largest absolute Gasteiger partial charge is 0.496 e. The van der Waals surface area contributed by atoms with Gasteiger partial charge in [-0.3, -0.25) is 15.1 Å². The summed E-state index contributed by atoms with van der Waals surface area (Å²) in [5.74, 6) is 0.784. The highest BCUT2D eigenvalue weighted by atomic mass is 16.5. The zero-order valence-electron chi connectivity index (χ0n) is 19.8. The fourth-order valence-corrected chi connectivity index (χ4v) is 3.40. The summed E-state index contributed by atoms with van der Waals surface area (Å²) in [7, 11) is 1.47. The maximum absolute atomic E-state index is 12.3. The monoisotopic (exact) mass is 474 g/mol. The number of anilines is 4. The second-order valence-corrected chi connectivity index (χ2v) is 8.90. The van der Waals surface area contributed by atoms with Gasteiger partial charge in [0.05, 0.1) is 18.2 Å². The van der Waals surface area contributed by atoms with E-state index in [2.05, 4.69) is 26.1 Å². The van der Waals surface area contributed by atoms with Crippen molar-refractivity contribution in [2.24, 2.45) is 5.73 Å². The van der Waals surface area contributed by atoms with Crippen LogP contribution in [-0.4, -0.2) is 29.2 Å². The minimum atomic E-state index is -0.590. The molecule has 4 rings (SSSR count). The molecule has 2 aromatic carbocycles. The summed E-state index contributed by atoms with van der Waals surface area (Å²) in [5, 5.41) is 13.3. The summed E-state index contributed by atoms with van der Waals surface area (Å²) in [5.41, 5.74) is 8.30. The number of hydrogen-bond acceptors (Lipinski definition) is 7. The number of aromatic nitrogens is 2. The Bertz CT molecular complexity index is 1390. The first-order valence-electron chi connectivity index (χ1n) is 10.8. The molecule has 0 unspecified atom stereocenters. The second kappa shape index (κ2) is 9.34. The van der Waals surface area contributed by atoms with E-state index in [4.69, 9.17) is 15.0 Å². The fourth-order valence-electron chi connectivity index (χ4n) is 3.40. The number of fused-ring (bicyclic) bond motifs is 1. The Balaban J connectivity index is 1.46. The first-order chi connectivity index (χ1) is 16.6. The first-order valence-corrected chi connectivity index (χ1v) is 10.8. The lowest BCUT2D eigenvalue weighted by Gasteiger charge is -2.13. The number of ether oxygens (including phenoxy) is 1. The van der Waals surface area contributed by atoms with E-state index < -0.39 is 11.9 Å². The second-order valence-electron chi connectivity index (χ2n) is 8.90. The molecule has 3 amide bonds. The standard InChI is InChI=1S/C25H26N6O4/c1-25(2,3)21-13-22(31-35-21)30-24(33)29-15-7-5-14(6-8-15)28-18-9-10-27-19-12-20(34-4)17(23(26)32)11-16(18)19/h5-13H,1-4H3,(H2,26,32)(H,27,28)(H2,29,30,31,33). The molecule has 0 aliphatic rings. The van der Waals surface area contributed by atoms with Crippen LogP contribution in [0.25, 0.3) is 10.9 Å². The van der Waals surface area contributed by atoms with Crippen molar-refractivity contribution in [1.82, 2.24) is 10.1 Å². The van der Waals surface area contributed by atoms with Gasteiger partial charge in [0.1, 0.15) is 11.5 Å². The number of carbonyl (C=O) groups is 2. The minimum Gasteiger partial charge on any atom is -0.496 e. The van der Waals surface area contributed by atoms with Crippen molar-refractivity contribution in [3.05, 3.63) is 66.1 Å². The van der Waals surface area contributed by atoms with Crippen molar-refractivity contribution < 1.29 is 18.8 Å². The van der Waals surface area contributed by atoms with Crippen molar-refractivity contribution >= 4 is 45.7 Å². The average Bonchev–Trinajstić information content (AvgIpc) is 3.28. The van der Waals surface area contributed by atoms with E-state index >= 15 is 0 Å². The van der Waals surface area contributed by atoms with E-state index in [1.807, 2.05) is 32.9 Å². The zero-order valence-corrected chi connectivity index (χ0v) is 19.8. The summed E-state index contributed by atoms with van der Waals surface area (Å²) in [4.78, 5) is 28.5. The van der Waals surface area contributed by atoms with Crippen molar-refractivity contribution in [1.29, 1.82) is 0 Å². The van der Waals surface area contributed by atoms with Gasteiger partial charge in [-0.15, -0.1) is 0 Å². The van der Waals surface area contributed by atoms with Crippen LogP contribution in [-0.2, 0) is 5.41 Å². The van der Waals surface area contributed by atoms with Gasteiger partial charge in [-0.25, -0.2) is 4.79 Å². The summed E-state index contributed by atoms with van der Waals surface area (Å²) >= 11 is 0. The van der Waals surface area contributed by atoms with E-state index in [0.717, 1.165) is 11.4 Å². The maximum Gasteiger partial charge on any atom is 0.324 e. The van der Waals surface area contributed by atoms with Crippen LogP contribution in [0.2, 0.25) is 0 Å². The van der Waals surface area contributed by atoms with Crippen molar-refractivity contribution in [3.8, 4) is 5.75 Å². The molecule has 2 aromatic heterocycles. The van der Waals surface area contributed by atoms with Crippen LogP contribution in [0.15, 0.2) is 59.3 Å². The van der Waals surface area contributed by atoms with Gasteiger partial charge < -0.3 is 25.6 Å². The molecule has 0 saturated carbocycles. The molecule has 0 radical (unpaired) electrons. The number of amides is 3. The molecule has 5 N–H and O–H groups in total.